The van der Waals surface area contributed by atoms with Crippen LogP contribution in [-0.2, 0) is 4.79 Å². The zero-order valence-electron chi connectivity index (χ0n) is 10.7. The molecule has 0 aliphatic carbocycles. The summed E-state index contributed by atoms with van der Waals surface area (Å²) in [6, 6.07) is 7.79. The summed E-state index contributed by atoms with van der Waals surface area (Å²) in [5, 5.41) is 14.9. The Bertz CT molecular complexity index is 504. The van der Waals surface area contributed by atoms with Crippen LogP contribution < -0.4 is 10.6 Å². The van der Waals surface area contributed by atoms with Crippen LogP contribution in [0.15, 0.2) is 18.2 Å². The second-order valence-corrected chi connectivity index (χ2v) is 4.65. The third kappa shape index (κ3) is 2.36. The topological polar surface area (TPSA) is 64.9 Å². The predicted molar refractivity (Wildman–Crippen MR) is 70.0 cm³/mol. The fraction of sp³-hybridized carbons (Fsp3) is 0.429. The summed E-state index contributed by atoms with van der Waals surface area (Å²) in [7, 11) is 0. The van der Waals surface area contributed by atoms with E-state index in [1.807, 2.05) is 32.0 Å². The average Bonchev–Trinajstić information content (AvgIpc) is 2.65. The van der Waals surface area contributed by atoms with Gasteiger partial charge in [-0.05, 0) is 19.4 Å². The molecule has 2 N–H and O–H groups in total. The van der Waals surface area contributed by atoms with Crippen LogP contribution in [0, 0.1) is 18.3 Å². The van der Waals surface area contributed by atoms with E-state index in [-0.39, 0.29) is 18.0 Å². The average molecular weight is 243 g/mol. The number of nitriles is 1. The van der Waals surface area contributed by atoms with Crippen molar-refractivity contribution in [3.63, 3.8) is 0 Å². The maximum atomic E-state index is 11.9. The van der Waals surface area contributed by atoms with Crippen LogP contribution in [0.3, 0.4) is 0 Å². The molecular formula is C14H17N3O. The van der Waals surface area contributed by atoms with Crippen molar-refractivity contribution in [3.05, 3.63) is 29.3 Å². The van der Waals surface area contributed by atoms with Crippen molar-refractivity contribution in [3.8, 4) is 6.07 Å². The molecule has 0 spiro atoms. The number of nitrogens with zero attached hydrogens (tertiary/aromatic N) is 1. The van der Waals surface area contributed by atoms with Crippen LogP contribution in [0.5, 0.6) is 0 Å². The van der Waals surface area contributed by atoms with Gasteiger partial charge in [0.2, 0.25) is 5.91 Å². The van der Waals surface area contributed by atoms with E-state index >= 15 is 0 Å². The Labute approximate surface area is 107 Å². The Kier molecular flexibility index (Phi) is 3.63. The van der Waals surface area contributed by atoms with Gasteiger partial charge in [-0.15, -0.1) is 0 Å². The molecule has 1 aliphatic rings. The van der Waals surface area contributed by atoms with Gasteiger partial charge in [-0.3, -0.25) is 10.1 Å². The molecule has 1 aliphatic heterocycles. The summed E-state index contributed by atoms with van der Waals surface area (Å²) in [5.41, 5.74) is 2.98. The van der Waals surface area contributed by atoms with Crippen LogP contribution in [0.2, 0.25) is 0 Å². The van der Waals surface area contributed by atoms with Crippen LogP contribution in [-0.4, -0.2) is 11.9 Å². The number of hydrogen-bond acceptors (Lipinski definition) is 3. The minimum atomic E-state index is -0.335. The van der Waals surface area contributed by atoms with E-state index in [9.17, 15) is 4.79 Å². The van der Waals surface area contributed by atoms with Crippen molar-refractivity contribution in [1.29, 1.82) is 5.26 Å². The first-order valence-electron chi connectivity index (χ1n) is 6.20. The molecule has 18 heavy (non-hydrogen) atoms. The van der Waals surface area contributed by atoms with Gasteiger partial charge >= 0.3 is 0 Å². The van der Waals surface area contributed by atoms with E-state index < -0.39 is 0 Å². The van der Waals surface area contributed by atoms with Gasteiger partial charge in [-0.1, -0.05) is 24.6 Å². The first kappa shape index (κ1) is 12.6. The number of hydrogen-bond donors (Lipinski definition) is 2. The molecule has 0 aromatic heterocycles. The lowest BCUT2D eigenvalue weighted by Gasteiger charge is -2.18. The summed E-state index contributed by atoms with van der Waals surface area (Å²) >= 11 is 0. The third-order valence-corrected chi connectivity index (χ3v) is 3.27. The molecule has 0 fully saturated rings. The highest BCUT2D eigenvalue weighted by Crippen LogP contribution is 2.32. The van der Waals surface area contributed by atoms with Crippen molar-refractivity contribution in [2.24, 2.45) is 0 Å². The molecule has 1 amide bonds. The van der Waals surface area contributed by atoms with Crippen LogP contribution >= 0.6 is 0 Å². The standard InChI is InChI=1S/C14H17N3O/c1-3-10(6-7-15)16-13-11-8-9(2)4-5-12(11)17-14(13)18/h4-5,8,10,13,16H,3,6H2,1-2H3,(H,17,18). The lowest BCUT2D eigenvalue weighted by Crippen LogP contribution is -2.35. The zero-order valence-corrected chi connectivity index (χ0v) is 10.7. The Morgan fingerprint density at radius 3 is 3.00 bits per heavy atom. The number of amides is 1. The maximum Gasteiger partial charge on any atom is 0.246 e. The molecule has 0 bridgehead atoms. The van der Waals surface area contributed by atoms with Crippen molar-refractivity contribution in [2.75, 3.05) is 5.32 Å². The first-order chi connectivity index (χ1) is 8.65. The zero-order chi connectivity index (χ0) is 13.1. The SMILES string of the molecule is CCC(CC#N)NC1C(=O)Nc2ccc(C)cc21. The number of fused-ring (bicyclic) bond motifs is 1. The molecule has 4 heteroatoms. The highest BCUT2D eigenvalue weighted by Gasteiger charge is 2.31. The number of carbonyl (C=O) groups excluding carboxylic acids is 1. The molecule has 0 radical (unpaired) electrons. The Morgan fingerprint density at radius 1 is 1.56 bits per heavy atom. The van der Waals surface area contributed by atoms with Crippen LogP contribution in [0.1, 0.15) is 36.9 Å². The van der Waals surface area contributed by atoms with Gasteiger partial charge in [-0.25, -0.2) is 0 Å². The van der Waals surface area contributed by atoms with Gasteiger partial charge in [0, 0.05) is 17.3 Å². The molecule has 4 nitrogen and oxygen atoms in total. The molecule has 2 rings (SSSR count). The van der Waals surface area contributed by atoms with Crippen LogP contribution in [0.25, 0.3) is 0 Å². The Morgan fingerprint density at radius 2 is 2.33 bits per heavy atom. The summed E-state index contributed by atoms with van der Waals surface area (Å²) in [6.07, 6.45) is 1.25. The largest absolute Gasteiger partial charge is 0.324 e. The molecule has 1 heterocycles. The smallest absolute Gasteiger partial charge is 0.246 e. The molecule has 0 saturated carbocycles. The minimum absolute atomic E-state index is 0.0352. The van der Waals surface area contributed by atoms with Crippen LogP contribution in [0.4, 0.5) is 5.69 Å². The number of benzene rings is 1. The van der Waals surface area contributed by atoms with E-state index in [1.165, 1.54) is 0 Å². The van der Waals surface area contributed by atoms with Gasteiger partial charge < -0.3 is 5.32 Å². The normalized spacial score (nSPS) is 18.9. The number of anilines is 1. The molecule has 1 aromatic carbocycles. The fourth-order valence-electron chi connectivity index (χ4n) is 2.21. The van der Waals surface area contributed by atoms with Gasteiger partial charge in [0.15, 0.2) is 0 Å². The molecule has 0 saturated heterocycles. The quantitative estimate of drug-likeness (QED) is 0.852. The Hall–Kier alpha value is -1.86. The van der Waals surface area contributed by atoms with Crippen molar-refractivity contribution in [1.82, 2.24) is 5.32 Å². The first-order valence-corrected chi connectivity index (χ1v) is 6.20. The van der Waals surface area contributed by atoms with E-state index in [2.05, 4.69) is 16.7 Å². The Balaban J connectivity index is 2.22. The fourth-order valence-corrected chi connectivity index (χ4v) is 2.21. The number of nitrogens with one attached hydrogen (secondary N) is 2. The van der Waals surface area contributed by atoms with Crippen molar-refractivity contribution < 1.29 is 4.79 Å². The van der Waals surface area contributed by atoms with Crippen molar-refractivity contribution in [2.45, 2.75) is 38.8 Å². The summed E-state index contributed by atoms with van der Waals surface area (Å²) in [6.45, 7) is 4.02. The maximum absolute atomic E-state index is 11.9. The van der Waals surface area contributed by atoms with Crippen molar-refractivity contribution >= 4 is 11.6 Å². The number of aryl methyl sites for hydroxylation is 1. The summed E-state index contributed by atoms with van der Waals surface area (Å²) in [5.74, 6) is -0.0352. The second kappa shape index (κ2) is 5.19. The molecule has 94 valence electrons. The number of carbonyl (C=O) groups is 1. The van der Waals surface area contributed by atoms with Gasteiger partial charge in [0.1, 0.15) is 6.04 Å². The van der Waals surface area contributed by atoms with E-state index in [4.69, 9.17) is 5.26 Å². The molecule has 2 unspecified atom stereocenters. The van der Waals surface area contributed by atoms with Gasteiger partial charge in [-0.2, -0.15) is 5.26 Å². The second-order valence-electron chi connectivity index (χ2n) is 4.65. The highest BCUT2D eigenvalue weighted by atomic mass is 16.2. The van der Waals surface area contributed by atoms with E-state index in [0.29, 0.717) is 6.42 Å². The van der Waals surface area contributed by atoms with E-state index in [1.54, 1.807) is 0 Å². The molecular weight excluding hydrogens is 226 g/mol. The predicted octanol–water partition coefficient (Wildman–Crippen LogP) is 2.27. The third-order valence-electron chi connectivity index (χ3n) is 3.27. The number of rotatable bonds is 4. The summed E-state index contributed by atoms with van der Waals surface area (Å²) in [4.78, 5) is 11.9. The summed E-state index contributed by atoms with van der Waals surface area (Å²) < 4.78 is 0. The monoisotopic (exact) mass is 243 g/mol. The molecule has 1 aromatic rings. The molecule has 2 atom stereocenters. The highest BCUT2D eigenvalue weighted by molar-refractivity contribution is 6.02. The van der Waals surface area contributed by atoms with Gasteiger partial charge in [0.25, 0.3) is 0 Å². The lowest BCUT2D eigenvalue weighted by atomic mass is 10.0. The minimum Gasteiger partial charge on any atom is -0.324 e. The lowest BCUT2D eigenvalue weighted by molar-refractivity contribution is -0.117. The van der Waals surface area contributed by atoms with E-state index in [0.717, 1.165) is 23.2 Å². The van der Waals surface area contributed by atoms with Gasteiger partial charge in [0.05, 0.1) is 12.5 Å².